The highest BCUT2D eigenvalue weighted by molar-refractivity contribution is 6.31. The van der Waals surface area contributed by atoms with Crippen molar-refractivity contribution in [2.24, 2.45) is 0 Å². The van der Waals surface area contributed by atoms with Crippen molar-refractivity contribution in [2.45, 2.75) is 63.5 Å². The van der Waals surface area contributed by atoms with Gasteiger partial charge in [0, 0.05) is 30.8 Å². The number of carbonyl (C=O) groups is 3. The second-order valence-corrected chi connectivity index (χ2v) is 10.2. The first-order chi connectivity index (χ1) is 19.3. The number of amides is 3. The predicted octanol–water partition coefficient (Wildman–Crippen LogP) is 6.35. The third kappa shape index (κ3) is 7.85. The molecule has 4 rings (SSSR count). The molecule has 1 heterocycles. The fourth-order valence-electron chi connectivity index (χ4n) is 4.82. The van der Waals surface area contributed by atoms with Crippen LogP contribution in [0, 0.1) is 11.6 Å². The molecular weight excluding hydrogens is 538 g/mol. The minimum atomic E-state index is -1.17. The van der Waals surface area contributed by atoms with Crippen LogP contribution >= 0.6 is 11.6 Å². The molecule has 1 aliphatic carbocycles. The van der Waals surface area contributed by atoms with Gasteiger partial charge in [0.15, 0.2) is 0 Å². The van der Waals surface area contributed by atoms with Crippen molar-refractivity contribution in [3.8, 4) is 0 Å². The van der Waals surface area contributed by atoms with Gasteiger partial charge in [-0.2, -0.15) is 0 Å². The first-order valence-corrected chi connectivity index (χ1v) is 13.7. The molecule has 1 aromatic heterocycles. The van der Waals surface area contributed by atoms with Gasteiger partial charge in [-0.1, -0.05) is 49.1 Å². The highest BCUT2D eigenvalue weighted by Crippen LogP contribution is 2.32. The van der Waals surface area contributed by atoms with E-state index < -0.39 is 29.5 Å². The zero-order chi connectivity index (χ0) is 28.5. The van der Waals surface area contributed by atoms with Crippen LogP contribution in [0.15, 0.2) is 66.9 Å². The van der Waals surface area contributed by atoms with Gasteiger partial charge in [-0.3, -0.25) is 19.3 Å². The molecule has 40 heavy (non-hydrogen) atoms. The van der Waals surface area contributed by atoms with Gasteiger partial charge in [-0.15, -0.1) is 0 Å². The average molecular weight is 569 g/mol. The predicted molar refractivity (Wildman–Crippen MR) is 150 cm³/mol. The summed E-state index contributed by atoms with van der Waals surface area (Å²) >= 11 is 6.07. The summed E-state index contributed by atoms with van der Waals surface area (Å²) in [6, 6.07) is 13.0. The van der Waals surface area contributed by atoms with Crippen molar-refractivity contribution in [3.05, 3.63) is 89.1 Å². The fraction of sp³-hybridized carbons (Fsp3) is 0.333. The zero-order valence-electron chi connectivity index (χ0n) is 21.9. The van der Waals surface area contributed by atoms with Crippen LogP contribution in [0.25, 0.3) is 0 Å². The minimum Gasteiger partial charge on any atom is -0.351 e. The Morgan fingerprint density at radius 3 is 2.40 bits per heavy atom. The summed E-state index contributed by atoms with van der Waals surface area (Å²) in [7, 11) is 0. The summed E-state index contributed by atoms with van der Waals surface area (Å²) in [6.45, 7) is 0. The standard InChI is InChI=1S/C30H31ClF2N4O3/c31-24-19-23(16-17-25(24)33)37(28(39)11-6-10-27(38)36-26-9-4-5-18-34-26)29(20-12-14-21(32)15-13-20)30(40)35-22-7-2-1-3-8-22/h4-5,9,12-19,22,29H,1-3,6-8,10-11H2,(H,35,40)(H,34,36,38). The first-order valence-electron chi connectivity index (χ1n) is 13.4. The van der Waals surface area contributed by atoms with Crippen LogP contribution in [-0.2, 0) is 14.4 Å². The number of nitrogens with zero attached hydrogens (tertiary/aromatic N) is 2. The van der Waals surface area contributed by atoms with E-state index in [1.807, 2.05) is 0 Å². The number of nitrogens with one attached hydrogen (secondary N) is 2. The molecule has 1 atom stereocenters. The maximum Gasteiger partial charge on any atom is 0.248 e. The lowest BCUT2D eigenvalue weighted by atomic mass is 9.94. The van der Waals surface area contributed by atoms with E-state index in [4.69, 9.17) is 11.6 Å². The quantitative estimate of drug-likeness (QED) is 0.298. The van der Waals surface area contributed by atoms with Crippen LogP contribution in [0.3, 0.4) is 0 Å². The Labute approximate surface area is 236 Å². The minimum absolute atomic E-state index is 0.0375. The van der Waals surface area contributed by atoms with Gasteiger partial charge < -0.3 is 10.6 Å². The zero-order valence-corrected chi connectivity index (χ0v) is 22.7. The van der Waals surface area contributed by atoms with Crippen LogP contribution < -0.4 is 15.5 Å². The molecule has 0 aliphatic heterocycles. The molecule has 3 amide bonds. The Morgan fingerprint density at radius 2 is 1.73 bits per heavy atom. The van der Waals surface area contributed by atoms with E-state index in [-0.39, 0.29) is 41.9 Å². The van der Waals surface area contributed by atoms with Gasteiger partial charge in [0.25, 0.3) is 0 Å². The lowest BCUT2D eigenvalue weighted by Gasteiger charge is -2.33. The van der Waals surface area contributed by atoms with E-state index in [1.54, 1.807) is 24.4 Å². The lowest BCUT2D eigenvalue weighted by Crippen LogP contribution is -2.47. The number of halogens is 3. The second kappa shape index (κ2) is 14.0. The molecule has 0 radical (unpaired) electrons. The molecule has 1 saturated carbocycles. The number of rotatable bonds is 10. The number of carbonyl (C=O) groups excluding carboxylic acids is 3. The fourth-order valence-corrected chi connectivity index (χ4v) is 5.00. The highest BCUT2D eigenvalue weighted by atomic mass is 35.5. The Bertz CT molecular complexity index is 1320. The summed E-state index contributed by atoms with van der Waals surface area (Å²) in [5.74, 6) is -1.97. The van der Waals surface area contributed by atoms with Crippen molar-refractivity contribution < 1.29 is 23.2 Å². The number of aromatic nitrogens is 1. The van der Waals surface area contributed by atoms with E-state index in [2.05, 4.69) is 15.6 Å². The molecule has 1 unspecified atom stereocenters. The van der Waals surface area contributed by atoms with E-state index in [9.17, 15) is 23.2 Å². The van der Waals surface area contributed by atoms with E-state index in [0.717, 1.165) is 38.2 Å². The molecule has 1 fully saturated rings. The molecule has 7 nitrogen and oxygen atoms in total. The van der Waals surface area contributed by atoms with Gasteiger partial charge in [-0.05, 0) is 67.3 Å². The van der Waals surface area contributed by atoms with Gasteiger partial charge in [0.05, 0.1) is 5.02 Å². The van der Waals surface area contributed by atoms with Crippen molar-refractivity contribution >= 4 is 40.8 Å². The Morgan fingerprint density at radius 1 is 0.975 bits per heavy atom. The Balaban J connectivity index is 1.59. The molecule has 2 aromatic carbocycles. The number of pyridine rings is 1. The van der Waals surface area contributed by atoms with Crippen molar-refractivity contribution in [1.29, 1.82) is 0 Å². The normalized spacial score (nSPS) is 14.3. The average Bonchev–Trinajstić information content (AvgIpc) is 2.95. The lowest BCUT2D eigenvalue weighted by molar-refractivity contribution is -0.127. The monoisotopic (exact) mass is 568 g/mol. The smallest absolute Gasteiger partial charge is 0.248 e. The highest BCUT2D eigenvalue weighted by Gasteiger charge is 2.34. The Hall–Kier alpha value is -3.85. The summed E-state index contributed by atoms with van der Waals surface area (Å²) in [5.41, 5.74) is 0.596. The van der Waals surface area contributed by atoms with Crippen LogP contribution in [0.5, 0.6) is 0 Å². The number of benzene rings is 2. The molecule has 210 valence electrons. The van der Waals surface area contributed by atoms with Crippen LogP contribution in [0.1, 0.15) is 63.0 Å². The number of hydrogen-bond donors (Lipinski definition) is 2. The summed E-state index contributed by atoms with van der Waals surface area (Å²) in [4.78, 5) is 45.2. The maximum absolute atomic E-state index is 14.1. The molecule has 2 N–H and O–H groups in total. The largest absolute Gasteiger partial charge is 0.351 e. The maximum atomic E-state index is 14.1. The Kier molecular flexibility index (Phi) is 10.2. The first kappa shape index (κ1) is 29.1. The molecule has 10 heteroatoms. The number of hydrogen-bond acceptors (Lipinski definition) is 4. The van der Waals surface area contributed by atoms with Gasteiger partial charge in [0.2, 0.25) is 17.7 Å². The van der Waals surface area contributed by atoms with Crippen molar-refractivity contribution in [3.63, 3.8) is 0 Å². The van der Waals surface area contributed by atoms with E-state index >= 15 is 0 Å². The van der Waals surface area contributed by atoms with Crippen LogP contribution in [-0.4, -0.2) is 28.7 Å². The molecule has 0 bridgehead atoms. The third-order valence-electron chi connectivity index (χ3n) is 6.82. The molecule has 3 aromatic rings. The van der Waals surface area contributed by atoms with E-state index in [1.165, 1.54) is 41.3 Å². The van der Waals surface area contributed by atoms with Gasteiger partial charge in [-0.25, -0.2) is 13.8 Å². The third-order valence-corrected chi connectivity index (χ3v) is 7.11. The van der Waals surface area contributed by atoms with Crippen molar-refractivity contribution in [1.82, 2.24) is 10.3 Å². The number of anilines is 2. The van der Waals surface area contributed by atoms with E-state index in [0.29, 0.717) is 11.4 Å². The second-order valence-electron chi connectivity index (χ2n) is 9.78. The summed E-state index contributed by atoms with van der Waals surface area (Å²) in [5, 5.41) is 5.52. The van der Waals surface area contributed by atoms with Crippen LogP contribution in [0.4, 0.5) is 20.3 Å². The molecule has 0 spiro atoms. The SMILES string of the molecule is O=C(CCCC(=O)N(c1ccc(F)c(Cl)c1)C(C(=O)NC1CCCCC1)c1ccc(F)cc1)Nc1ccccn1. The molecule has 0 saturated heterocycles. The molecule has 1 aliphatic rings. The topological polar surface area (TPSA) is 91.4 Å². The summed E-state index contributed by atoms with van der Waals surface area (Å²) < 4.78 is 27.9. The molecular formula is C30H31ClF2N4O3. The van der Waals surface area contributed by atoms with Gasteiger partial charge >= 0.3 is 0 Å². The van der Waals surface area contributed by atoms with Gasteiger partial charge in [0.1, 0.15) is 23.5 Å². The van der Waals surface area contributed by atoms with Crippen LogP contribution in [0.2, 0.25) is 5.02 Å². The summed E-state index contributed by atoms with van der Waals surface area (Å²) in [6.07, 6.45) is 6.41. The van der Waals surface area contributed by atoms with Crippen molar-refractivity contribution in [2.75, 3.05) is 10.2 Å².